The van der Waals surface area contributed by atoms with Crippen LogP contribution in [0.3, 0.4) is 0 Å². The number of alkyl halides is 1. The number of hydrogen-bond acceptors (Lipinski definition) is 4. The zero-order valence-electron chi connectivity index (χ0n) is 10.4. The molecule has 1 rings (SSSR count). The highest BCUT2D eigenvalue weighted by Gasteiger charge is 2.26. The molecule has 92 valence electrons. The van der Waals surface area contributed by atoms with E-state index in [-0.39, 0.29) is 10.9 Å². The van der Waals surface area contributed by atoms with E-state index in [4.69, 9.17) is 16.0 Å². The van der Waals surface area contributed by atoms with Crippen LogP contribution in [0.1, 0.15) is 58.2 Å². The Kier molecular flexibility index (Phi) is 4.59. The molecule has 5 heteroatoms. The minimum atomic E-state index is -0.248. The fourth-order valence-corrected chi connectivity index (χ4v) is 1.78. The van der Waals surface area contributed by atoms with Crippen molar-refractivity contribution in [2.24, 2.45) is 0 Å². The van der Waals surface area contributed by atoms with Crippen LogP contribution in [0.5, 0.6) is 0 Å². The van der Waals surface area contributed by atoms with Gasteiger partial charge in [0.05, 0.1) is 0 Å². The van der Waals surface area contributed by atoms with Crippen molar-refractivity contribution in [2.45, 2.75) is 57.9 Å². The molecule has 0 radical (unpaired) electrons. The van der Waals surface area contributed by atoms with E-state index in [0.29, 0.717) is 11.9 Å². The molecule has 0 fully saturated rings. The maximum absolute atomic E-state index is 5.87. The Balaban J connectivity index is 2.77. The SMILES string of the molecule is CCC(CC)(CC)Nc1nnc(C(C)Cl)o1. The predicted molar refractivity (Wildman–Crippen MR) is 65.8 cm³/mol. The van der Waals surface area contributed by atoms with E-state index in [2.05, 4.69) is 36.3 Å². The Morgan fingerprint density at radius 1 is 1.25 bits per heavy atom. The van der Waals surface area contributed by atoms with E-state index in [9.17, 15) is 0 Å². The van der Waals surface area contributed by atoms with Crippen LogP contribution in [0, 0.1) is 0 Å². The molecular formula is C11H20ClN3O. The number of halogens is 1. The lowest BCUT2D eigenvalue weighted by atomic mass is 9.90. The predicted octanol–water partition coefficient (Wildman–Crippen LogP) is 3.75. The monoisotopic (exact) mass is 245 g/mol. The Bertz CT molecular complexity index is 313. The van der Waals surface area contributed by atoms with E-state index in [1.807, 2.05) is 6.92 Å². The van der Waals surface area contributed by atoms with Gasteiger partial charge in [0.25, 0.3) is 0 Å². The molecule has 0 aliphatic carbocycles. The number of anilines is 1. The lowest BCUT2D eigenvalue weighted by Crippen LogP contribution is -2.36. The second-order valence-electron chi connectivity index (χ2n) is 4.03. The van der Waals surface area contributed by atoms with Crippen LogP contribution in [-0.2, 0) is 0 Å². The van der Waals surface area contributed by atoms with Gasteiger partial charge in [-0.2, -0.15) is 0 Å². The Hall–Kier alpha value is -0.770. The molecule has 0 amide bonds. The van der Waals surface area contributed by atoms with Gasteiger partial charge in [-0.1, -0.05) is 25.9 Å². The van der Waals surface area contributed by atoms with Gasteiger partial charge in [-0.3, -0.25) is 0 Å². The Morgan fingerprint density at radius 3 is 2.19 bits per heavy atom. The summed E-state index contributed by atoms with van der Waals surface area (Å²) in [6.07, 6.45) is 3.07. The number of nitrogens with zero attached hydrogens (tertiary/aromatic N) is 2. The summed E-state index contributed by atoms with van der Waals surface area (Å²) >= 11 is 5.87. The molecule has 1 N–H and O–H groups in total. The fraction of sp³-hybridized carbons (Fsp3) is 0.818. The number of rotatable bonds is 6. The average Bonchev–Trinajstić information content (AvgIpc) is 2.74. The van der Waals surface area contributed by atoms with Crippen molar-refractivity contribution in [1.82, 2.24) is 10.2 Å². The van der Waals surface area contributed by atoms with E-state index in [1.165, 1.54) is 0 Å². The van der Waals surface area contributed by atoms with Gasteiger partial charge in [-0.25, -0.2) is 0 Å². The lowest BCUT2D eigenvalue weighted by Gasteiger charge is -2.30. The molecule has 0 aliphatic heterocycles. The van der Waals surface area contributed by atoms with Crippen LogP contribution >= 0.6 is 11.6 Å². The van der Waals surface area contributed by atoms with Gasteiger partial charge < -0.3 is 9.73 Å². The van der Waals surface area contributed by atoms with Crippen molar-refractivity contribution in [1.29, 1.82) is 0 Å². The largest absolute Gasteiger partial charge is 0.406 e. The van der Waals surface area contributed by atoms with Crippen molar-refractivity contribution in [3.63, 3.8) is 0 Å². The quantitative estimate of drug-likeness (QED) is 0.776. The van der Waals surface area contributed by atoms with Gasteiger partial charge >= 0.3 is 6.01 Å². The number of aromatic nitrogens is 2. The standard InChI is InChI=1S/C11H20ClN3O/c1-5-11(6-2,7-3)13-10-15-14-9(16-10)8(4)12/h8H,5-7H2,1-4H3,(H,13,15). The van der Waals surface area contributed by atoms with Crippen molar-refractivity contribution in [3.05, 3.63) is 5.89 Å². The first-order valence-corrected chi connectivity index (χ1v) is 6.26. The molecule has 1 atom stereocenters. The molecule has 1 heterocycles. The molecule has 4 nitrogen and oxygen atoms in total. The molecule has 0 aliphatic rings. The average molecular weight is 246 g/mol. The summed E-state index contributed by atoms with van der Waals surface area (Å²) in [5.41, 5.74) is 0.0410. The van der Waals surface area contributed by atoms with Gasteiger partial charge in [-0.15, -0.1) is 16.7 Å². The van der Waals surface area contributed by atoms with E-state index >= 15 is 0 Å². The molecule has 0 bridgehead atoms. The molecule has 16 heavy (non-hydrogen) atoms. The highest BCUT2D eigenvalue weighted by Crippen LogP contribution is 2.26. The molecule has 0 saturated heterocycles. The number of hydrogen-bond donors (Lipinski definition) is 1. The highest BCUT2D eigenvalue weighted by atomic mass is 35.5. The van der Waals surface area contributed by atoms with E-state index < -0.39 is 0 Å². The zero-order chi connectivity index (χ0) is 12.2. The normalized spacial score (nSPS) is 13.8. The van der Waals surface area contributed by atoms with Gasteiger partial charge in [0.2, 0.25) is 5.89 Å². The third kappa shape index (κ3) is 2.88. The van der Waals surface area contributed by atoms with Crippen molar-refractivity contribution < 1.29 is 4.42 Å². The fourth-order valence-electron chi connectivity index (χ4n) is 1.69. The summed E-state index contributed by atoms with van der Waals surface area (Å²) in [6.45, 7) is 8.27. The summed E-state index contributed by atoms with van der Waals surface area (Å²) in [4.78, 5) is 0. The van der Waals surface area contributed by atoms with Crippen molar-refractivity contribution in [3.8, 4) is 0 Å². The molecule has 1 unspecified atom stereocenters. The van der Waals surface area contributed by atoms with Crippen LogP contribution in [0.4, 0.5) is 6.01 Å². The maximum atomic E-state index is 5.87. The minimum Gasteiger partial charge on any atom is -0.406 e. The topological polar surface area (TPSA) is 51.0 Å². The van der Waals surface area contributed by atoms with Crippen LogP contribution < -0.4 is 5.32 Å². The first kappa shape index (κ1) is 13.3. The smallest absolute Gasteiger partial charge is 0.315 e. The van der Waals surface area contributed by atoms with E-state index in [1.54, 1.807) is 0 Å². The second-order valence-corrected chi connectivity index (χ2v) is 4.68. The first-order chi connectivity index (χ1) is 7.56. The summed E-state index contributed by atoms with van der Waals surface area (Å²) in [6, 6.07) is 0.466. The third-order valence-electron chi connectivity index (χ3n) is 3.18. The summed E-state index contributed by atoms with van der Waals surface area (Å²) in [5.74, 6) is 0.460. The Labute approximate surface area is 102 Å². The Morgan fingerprint density at radius 2 is 1.81 bits per heavy atom. The summed E-state index contributed by atoms with van der Waals surface area (Å²) in [5, 5.41) is 10.9. The van der Waals surface area contributed by atoms with Gasteiger partial charge in [0, 0.05) is 5.54 Å². The van der Waals surface area contributed by atoms with Crippen LogP contribution in [-0.4, -0.2) is 15.7 Å². The number of nitrogens with one attached hydrogen (secondary N) is 1. The molecule has 1 aromatic heterocycles. The maximum Gasteiger partial charge on any atom is 0.315 e. The minimum absolute atomic E-state index is 0.0410. The van der Waals surface area contributed by atoms with Crippen molar-refractivity contribution >= 4 is 17.6 Å². The van der Waals surface area contributed by atoms with Gasteiger partial charge in [0.1, 0.15) is 5.38 Å². The van der Waals surface area contributed by atoms with Gasteiger partial charge in [-0.05, 0) is 26.2 Å². The second kappa shape index (κ2) is 5.53. The third-order valence-corrected chi connectivity index (χ3v) is 3.37. The van der Waals surface area contributed by atoms with Crippen LogP contribution in [0.15, 0.2) is 4.42 Å². The molecule has 0 spiro atoms. The lowest BCUT2D eigenvalue weighted by molar-refractivity contribution is 0.397. The summed E-state index contributed by atoms with van der Waals surface area (Å²) < 4.78 is 5.44. The van der Waals surface area contributed by atoms with Crippen LogP contribution in [0.2, 0.25) is 0 Å². The molecular weight excluding hydrogens is 226 g/mol. The molecule has 0 saturated carbocycles. The van der Waals surface area contributed by atoms with Crippen LogP contribution in [0.25, 0.3) is 0 Å². The van der Waals surface area contributed by atoms with E-state index in [0.717, 1.165) is 19.3 Å². The summed E-state index contributed by atoms with van der Waals surface area (Å²) in [7, 11) is 0. The highest BCUT2D eigenvalue weighted by molar-refractivity contribution is 6.20. The van der Waals surface area contributed by atoms with Crippen molar-refractivity contribution in [2.75, 3.05) is 5.32 Å². The molecule has 1 aromatic rings. The van der Waals surface area contributed by atoms with Gasteiger partial charge in [0.15, 0.2) is 0 Å². The zero-order valence-corrected chi connectivity index (χ0v) is 11.1. The first-order valence-electron chi connectivity index (χ1n) is 5.82. The molecule has 0 aromatic carbocycles.